The summed E-state index contributed by atoms with van der Waals surface area (Å²) in [6.07, 6.45) is 5.70. The zero-order chi connectivity index (χ0) is 28.9. The van der Waals surface area contributed by atoms with Gasteiger partial charge in [-0.3, -0.25) is 33.2 Å². The summed E-state index contributed by atoms with van der Waals surface area (Å²) in [4.78, 5) is 13.2. The fraction of sp³-hybridized carbons (Fsp3) is 0.0789. The first-order valence-electron chi connectivity index (χ1n) is 13.9. The van der Waals surface area contributed by atoms with Gasteiger partial charge in [0, 0.05) is 79.8 Å². The van der Waals surface area contributed by atoms with E-state index in [1.54, 1.807) is 6.20 Å². The van der Waals surface area contributed by atoms with E-state index in [0.29, 0.717) is 0 Å². The maximum atomic E-state index is 4.41. The quantitative estimate of drug-likeness (QED) is 0.102. The number of rotatable bonds is 4. The molecule has 0 fully saturated rings. The minimum absolute atomic E-state index is 0. The molecule has 0 saturated carbocycles. The summed E-state index contributed by atoms with van der Waals surface area (Å²) in [5.41, 5.74) is 4.72. The molecule has 219 valence electrons. The van der Waals surface area contributed by atoms with E-state index in [-0.39, 0.29) is 61.2 Å². The van der Waals surface area contributed by atoms with E-state index in [2.05, 4.69) is 107 Å². The van der Waals surface area contributed by atoms with Gasteiger partial charge in [-0.15, -0.1) is 65.5 Å². The first kappa shape index (κ1) is 36.4. The molecule has 0 saturated heterocycles. The van der Waals surface area contributed by atoms with Crippen LogP contribution in [0.4, 0.5) is 0 Å². The molecule has 0 atom stereocenters. The molecule has 0 N–H and O–H groups in total. The van der Waals surface area contributed by atoms with E-state index < -0.39 is 8.07 Å². The van der Waals surface area contributed by atoms with Crippen LogP contribution in [0.2, 0.25) is 19.6 Å². The monoisotopic (exact) mass is 848 g/mol. The first-order valence-corrected chi connectivity index (χ1v) is 17.4. The fourth-order valence-electron chi connectivity index (χ4n) is 4.72. The van der Waals surface area contributed by atoms with Crippen molar-refractivity contribution in [2.75, 3.05) is 0 Å². The maximum absolute atomic E-state index is 4.41. The smallest absolute Gasteiger partial charge is 0.0815 e. The molecular weight excluding hydrogens is 818 g/mol. The van der Waals surface area contributed by atoms with Crippen LogP contribution in [0.5, 0.6) is 0 Å². The molecule has 5 radical (unpaired) electrons. The van der Waals surface area contributed by atoms with Crippen LogP contribution in [0.3, 0.4) is 0 Å². The number of hydrogen-bond acceptors (Lipinski definition) is 3. The third-order valence-electron chi connectivity index (χ3n) is 7.09. The SMILES string of the molecule is C[Si](C)(C)c1cnc(-c2[c-]cccc2)nc1.[B].[Ir].[Y].[c-]1ccc(-c2[c-]cc3c(ccc4ccccc43)c2)[c-]c1-c1ccccn1. The maximum Gasteiger partial charge on any atom is 0.0815 e. The second-order valence-electron chi connectivity index (χ2n) is 11.1. The summed E-state index contributed by atoms with van der Waals surface area (Å²) in [5, 5.41) is 6.22. The summed E-state index contributed by atoms with van der Waals surface area (Å²) in [6, 6.07) is 47.8. The number of pyridine rings is 1. The van der Waals surface area contributed by atoms with E-state index in [4.69, 9.17) is 0 Å². The van der Waals surface area contributed by atoms with Gasteiger partial charge in [-0.25, -0.2) is 6.07 Å². The molecule has 45 heavy (non-hydrogen) atoms. The number of hydrogen-bond donors (Lipinski definition) is 0. The Morgan fingerprint density at radius 1 is 0.622 bits per heavy atom. The topological polar surface area (TPSA) is 38.7 Å². The Balaban J connectivity index is 0.000000254. The minimum atomic E-state index is -1.29. The molecule has 2 heterocycles. The van der Waals surface area contributed by atoms with Crippen LogP contribution < -0.4 is 5.19 Å². The van der Waals surface area contributed by atoms with Crippen LogP contribution in [0.15, 0.2) is 122 Å². The van der Waals surface area contributed by atoms with Gasteiger partial charge in [-0.1, -0.05) is 78.6 Å². The molecular formula is C38H29BIrN3SiY-4. The molecule has 0 amide bonds. The van der Waals surface area contributed by atoms with Crippen molar-refractivity contribution >= 4 is 43.2 Å². The summed E-state index contributed by atoms with van der Waals surface area (Å²) in [5.74, 6) is 0.752. The summed E-state index contributed by atoms with van der Waals surface area (Å²) in [7, 11) is -1.29. The van der Waals surface area contributed by atoms with Crippen molar-refractivity contribution in [3.05, 3.63) is 146 Å². The van der Waals surface area contributed by atoms with E-state index in [0.717, 1.165) is 33.8 Å². The van der Waals surface area contributed by atoms with Gasteiger partial charge in [0.2, 0.25) is 0 Å². The van der Waals surface area contributed by atoms with E-state index in [9.17, 15) is 0 Å². The van der Waals surface area contributed by atoms with Crippen molar-refractivity contribution in [1.29, 1.82) is 0 Å². The predicted molar refractivity (Wildman–Crippen MR) is 182 cm³/mol. The van der Waals surface area contributed by atoms with Crippen LogP contribution in [0.1, 0.15) is 0 Å². The van der Waals surface area contributed by atoms with Crippen LogP contribution in [-0.4, -0.2) is 31.4 Å². The number of aromatic nitrogens is 3. The zero-order valence-electron chi connectivity index (χ0n) is 25.4. The average molecular weight is 848 g/mol. The average Bonchev–Trinajstić information content (AvgIpc) is 3.05. The standard InChI is InChI=1S/C25H14N.C13H15N2Si.B.Ir.Y/c1-2-9-23-18(6-1)11-12-21-16-20(13-14-24(21)23)19-7-5-8-22(17-19)25-10-3-4-15-26-25;1-16(2,3)12-9-14-13(15-10-12)11-7-5-4-6-8-11;;;/h1-7,9-12,14-16H;4-7,9-10H,1-3H3;;;/q-3;-1;;;. The van der Waals surface area contributed by atoms with Crippen molar-refractivity contribution < 1.29 is 52.8 Å². The molecule has 0 aliphatic heterocycles. The number of fused-ring (bicyclic) bond motifs is 3. The minimum Gasteiger partial charge on any atom is -0.352 e. The molecule has 0 spiro atoms. The normalized spacial score (nSPS) is 10.5. The second kappa shape index (κ2) is 16.4. The van der Waals surface area contributed by atoms with Gasteiger partial charge in [-0.05, 0) is 16.6 Å². The molecule has 7 rings (SSSR count). The van der Waals surface area contributed by atoms with Crippen LogP contribution >= 0.6 is 0 Å². The fourth-order valence-corrected chi connectivity index (χ4v) is 5.62. The Labute approximate surface area is 307 Å². The Morgan fingerprint density at radius 3 is 2.07 bits per heavy atom. The Bertz CT molecular complexity index is 1970. The Morgan fingerprint density at radius 2 is 1.36 bits per heavy atom. The molecule has 7 aromatic rings. The molecule has 2 aromatic heterocycles. The largest absolute Gasteiger partial charge is 0.352 e. The zero-order valence-corrected chi connectivity index (χ0v) is 31.6. The summed E-state index contributed by atoms with van der Waals surface area (Å²) in [6.45, 7) is 6.88. The Kier molecular flexibility index (Phi) is 13.3. The number of benzene rings is 5. The van der Waals surface area contributed by atoms with Gasteiger partial charge in [0.1, 0.15) is 0 Å². The van der Waals surface area contributed by atoms with Crippen molar-refractivity contribution in [1.82, 2.24) is 15.0 Å². The third-order valence-corrected chi connectivity index (χ3v) is 9.08. The predicted octanol–water partition coefficient (Wildman–Crippen LogP) is 8.23. The Hall–Kier alpha value is -3.11. The second-order valence-corrected chi connectivity index (χ2v) is 16.1. The first-order chi connectivity index (χ1) is 20.5. The van der Waals surface area contributed by atoms with Crippen molar-refractivity contribution in [3.63, 3.8) is 0 Å². The molecule has 5 aromatic carbocycles. The van der Waals surface area contributed by atoms with Gasteiger partial charge in [0.15, 0.2) is 0 Å². The third kappa shape index (κ3) is 8.79. The molecule has 3 nitrogen and oxygen atoms in total. The van der Waals surface area contributed by atoms with Crippen LogP contribution in [0.25, 0.3) is 55.3 Å². The van der Waals surface area contributed by atoms with Gasteiger partial charge in [-0.2, -0.15) is 5.56 Å². The molecule has 0 aliphatic rings. The molecule has 0 unspecified atom stereocenters. The van der Waals surface area contributed by atoms with Crippen LogP contribution in [0, 0.1) is 24.3 Å². The summed E-state index contributed by atoms with van der Waals surface area (Å²) >= 11 is 0. The van der Waals surface area contributed by atoms with Gasteiger partial charge >= 0.3 is 0 Å². The van der Waals surface area contributed by atoms with E-state index >= 15 is 0 Å². The molecule has 7 heteroatoms. The van der Waals surface area contributed by atoms with Crippen molar-refractivity contribution in [2.45, 2.75) is 19.6 Å². The van der Waals surface area contributed by atoms with Crippen LogP contribution in [-0.2, 0) is 52.8 Å². The van der Waals surface area contributed by atoms with Gasteiger partial charge < -0.3 is 11.1 Å². The van der Waals surface area contributed by atoms with Crippen molar-refractivity contribution in [2.24, 2.45) is 0 Å². The van der Waals surface area contributed by atoms with Gasteiger partial charge in [0.05, 0.1) is 13.9 Å². The van der Waals surface area contributed by atoms with E-state index in [1.807, 2.05) is 67.0 Å². The molecule has 0 bridgehead atoms. The molecule has 0 aliphatic carbocycles. The van der Waals surface area contributed by atoms with Crippen molar-refractivity contribution in [3.8, 4) is 33.8 Å². The summed E-state index contributed by atoms with van der Waals surface area (Å²) < 4.78 is 0. The number of nitrogens with zero attached hydrogens (tertiary/aromatic N) is 3. The van der Waals surface area contributed by atoms with E-state index in [1.165, 1.54) is 26.7 Å². The van der Waals surface area contributed by atoms with Gasteiger partial charge in [0.25, 0.3) is 0 Å².